The number of aromatic nitrogens is 1. The van der Waals surface area contributed by atoms with Crippen LogP contribution in [0.3, 0.4) is 0 Å². The van der Waals surface area contributed by atoms with E-state index in [1.807, 2.05) is 12.3 Å². The largest absolute Gasteiger partial charge is 0.327 e. The smallest absolute Gasteiger partial charge is 0.0704 e. The Kier molecular flexibility index (Phi) is 3.67. The Morgan fingerprint density at radius 3 is 2.67 bits per heavy atom. The van der Waals surface area contributed by atoms with E-state index in [1.165, 1.54) is 10.9 Å². The first-order valence-corrected chi connectivity index (χ1v) is 6.56. The maximum Gasteiger partial charge on any atom is 0.0704 e. The summed E-state index contributed by atoms with van der Waals surface area (Å²) in [5.41, 5.74) is 8.81. The average molecular weight is 242 g/mol. The summed E-state index contributed by atoms with van der Waals surface area (Å²) in [5, 5.41) is 1.25. The second-order valence-electron chi connectivity index (χ2n) is 6.00. The number of rotatable bonds is 3. The number of hydrogen-bond acceptors (Lipinski definition) is 2. The van der Waals surface area contributed by atoms with E-state index in [4.69, 9.17) is 5.73 Å². The van der Waals surface area contributed by atoms with Crippen LogP contribution in [0.25, 0.3) is 10.9 Å². The highest BCUT2D eigenvalue weighted by Crippen LogP contribution is 2.23. The van der Waals surface area contributed by atoms with Gasteiger partial charge in [0, 0.05) is 17.6 Å². The number of fused-ring (bicyclic) bond motifs is 1. The fourth-order valence-electron chi connectivity index (χ4n) is 2.13. The highest BCUT2D eigenvalue weighted by Gasteiger charge is 2.20. The molecule has 0 radical (unpaired) electrons. The molecule has 0 bridgehead atoms. The topological polar surface area (TPSA) is 38.9 Å². The Balaban J connectivity index is 2.18. The maximum atomic E-state index is 6.23. The van der Waals surface area contributed by atoms with Crippen molar-refractivity contribution in [2.75, 3.05) is 0 Å². The van der Waals surface area contributed by atoms with Crippen molar-refractivity contribution >= 4 is 10.9 Å². The van der Waals surface area contributed by atoms with Crippen LogP contribution in [0.2, 0.25) is 0 Å². The molecule has 18 heavy (non-hydrogen) atoms. The Morgan fingerprint density at radius 1 is 1.17 bits per heavy atom. The number of nitrogens with two attached hydrogens (primary N) is 1. The summed E-state index contributed by atoms with van der Waals surface area (Å²) >= 11 is 0. The van der Waals surface area contributed by atoms with E-state index in [9.17, 15) is 0 Å². The summed E-state index contributed by atoms with van der Waals surface area (Å²) in [5.74, 6) is 0. The lowest BCUT2D eigenvalue weighted by atomic mass is 9.84. The zero-order chi connectivity index (χ0) is 13.2. The van der Waals surface area contributed by atoms with E-state index < -0.39 is 0 Å². The first kappa shape index (κ1) is 13.0. The summed E-state index contributed by atoms with van der Waals surface area (Å²) < 4.78 is 0. The van der Waals surface area contributed by atoms with Gasteiger partial charge >= 0.3 is 0 Å². The van der Waals surface area contributed by atoms with Gasteiger partial charge in [-0.1, -0.05) is 39.0 Å². The molecule has 2 nitrogen and oxygen atoms in total. The predicted octanol–water partition coefficient (Wildman–Crippen LogP) is 3.54. The molecule has 2 heteroatoms. The van der Waals surface area contributed by atoms with Crippen molar-refractivity contribution in [2.24, 2.45) is 11.1 Å². The molecule has 1 heterocycles. The number of benzene rings is 1. The van der Waals surface area contributed by atoms with Crippen LogP contribution < -0.4 is 5.73 Å². The van der Waals surface area contributed by atoms with Crippen LogP contribution in [0.1, 0.15) is 32.8 Å². The lowest BCUT2D eigenvalue weighted by molar-refractivity contribution is 0.306. The van der Waals surface area contributed by atoms with E-state index >= 15 is 0 Å². The molecule has 0 aliphatic rings. The van der Waals surface area contributed by atoms with Gasteiger partial charge in [0.15, 0.2) is 0 Å². The molecule has 0 fully saturated rings. The monoisotopic (exact) mass is 242 g/mol. The fraction of sp³-hybridized carbons (Fsp3) is 0.438. The van der Waals surface area contributed by atoms with Crippen molar-refractivity contribution in [3.05, 3.63) is 42.1 Å². The number of aryl methyl sites for hydroxylation is 1. The van der Waals surface area contributed by atoms with Crippen LogP contribution in [0.4, 0.5) is 0 Å². The SMILES string of the molecule is CC(C)(C)C(N)CCc1cccc2ncccc12. The molecule has 0 aliphatic carbocycles. The normalized spacial score (nSPS) is 13.8. The zero-order valence-corrected chi connectivity index (χ0v) is 11.5. The number of pyridine rings is 1. The van der Waals surface area contributed by atoms with Crippen molar-refractivity contribution in [3.63, 3.8) is 0 Å². The van der Waals surface area contributed by atoms with Gasteiger partial charge in [0.05, 0.1) is 5.52 Å². The Morgan fingerprint density at radius 2 is 1.94 bits per heavy atom. The molecule has 2 N–H and O–H groups in total. The fourth-order valence-corrected chi connectivity index (χ4v) is 2.13. The number of hydrogen-bond donors (Lipinski definition) is 1. The zero-order valence-electron chi connectivity index (χ0n) is 11.5. The summed E-state index contributed by atoms with van der Waals surface area (Å²) in [4.78, 5) is 4.39. The molecule has 1 unspecified atom stereocenters. The van der Waals surface area contributed by atoms with Crippen molar-refractivity contribution in [3.8, 4) is 0 Å². The first-order valence-electron chi connectivity index (χ1n) is 6.56. The van der Waals surface area contributed by atoms with Gasteiger partial charge in [-0.2, -0.15) is 0 Å². The molecule has 0 amide bonds. The van der Waals surface area contributed by atoms with E-state index in [0.717, 1.165) is 18.4 Å². The lowest BCUT2D eigenvalue weighted by Crippen LogP contribution is -2.35. The van der Waals surface area contributed by atoms with E-state index in [0.29, 0.717) is 0 Å². The van der Waals surface area contributed by atoms with Gasteiger partial charge in [-0.15, -0.1) is 0 Å². The molecule has 1 atom stereocenters. The molecule has 2 aromatic rings. The Hall–Kier alpha value is -1.41. The van der Waals surface area contributed by atoms with E-state index in [-0.39, 0.29) is 11.5 Å². The van der Waals surface area contributed by atoms with E-state index in [2.05, 4.69) is 50.0 Å². The van der Waals surface area contributed by atoms with Crippen molar-refractivity contribution in [1.82, 2.24) is 4.98 Å². The summed E-state index contributed by atoms with van der Waals surface area (Å²) in [6.07, 6.45) is 3.87. The lowest BCUT2D eigenvalue weighted by Gasteiger charge is -2.27. The predicted molar refractivity (Wildman–Crippen MR) is 77.5 cm³/mol. The molecule has 0 saturated carbocycles. The summed E-state index contributed by atoms with van der Waals surface area (Å²) in [6.45, 7) is 6.59. The molecular weight excluding hydrogens is 220 g/mol. The van der Waals surface area contributed by atoms with Crippen LogP contribution in [-0.4, -0.2) is 11.0 Å². The van der Waals surface area contributed by atoms with Crippen LogP contribution in [0.15, 0.2) is 36.5 Å². The maximum absolute atomic E-state index is 6.23. The second-order valence-corrected chi connectivity index (χ2v) is 6.00. The average Bonchev–Trinajstić information content (AvgIpc) is 2.34. The highest BCUT2D eigenvalue weighted by molar-refractivity contribution is 5.81. The molecular formula is C16H22N2. The standard InChI is InChI=1S/C16H22N2/c1-16(2,3)15(17)10-9-12-6-4-8-14-13(12)7-5-11-18-14/h4-8,11,15H,9-10,17H2,1-3H3. The quantitative estimate of drug-likeness (QED) is 0.894. The van der Waals surface area contributed by atoms with Crippen molar-refractivity contribution in [1.29, 1.82) is 0 Å². The molecule has 1 aromatic carbocycles. The molecule has 1 aromatic heterocycles. The van der Waals surface area contributed by atoms with Crippen LogP contribution >= 0.6 is 0 Å². The summed E-state index contributed by atoms with van der Waals surface area (Å²) in [6, 6.07) is 10.7. The molecule has 0 spiro atoms. The van der Waals surface area contributed by atoms with Gasteiger partial charge in [0.2, 0.25) is 0 Å². The van der Waals surface area contributed by atoms with Gasteiger partial charge in [0.25, 0.3) is 0 Å². The van der Waals surface area contributed by atoms with Crippen molar-refractivity contribution in [2.45, 2.75) is 39.7 Å². The minimum absolute atomic E-state index is 0.169. The second kappa shape index (κ2) is 5.07. The van der Waals surface area contributed by atoms with Gasteiger partial charge in [-0.25, -0.2) is 0 Å². The minimum Gasteiger partial charge on any atom is -0.327 e. The first-order chi connectivity index (χ1) is 8.48. The molecule has 0 aliphatic heterocycles. The molecule has 0 saturated heterocycles. The Labute approximate surface area is 109 Å². The molecule has 2 rings (SSSR count). The minimum atomic E-state index is 0.169. The third kappa shape index (κ3) is 2.88. The number of nitrogens with zero attached hydrogens (tertiary/aromatic N) is 1. The van der Waals surface area contributed by atoms with Gasteiger partial charge in [-0.05, 0) is 36.0 Å². The third-order valence-electron chi connectivity index (χ3n) is 3.57. The van der Waals surface area contributed by atoms with Gasteiger partial charge in [-0.3, -0.25) is 4.98 Å². The van der Waals surface area contributed by atoms with Crippen LogP contribution in [0.5, 0.6) is 0 Å². The van der Waals surface area contributed by atoms with Crippen molar-refractivity contribution < 1.29 is 0 Å². The third-order valence-corrected chi connectivity index (χ3v) is 3.57. The summed E-state index contributed by atoms with van der Waals surface area (Å²) in [7, 11) is 0. The van der Waals surface area contributed by atoms with Gasteiger partial charge < -0.3 is 5.73 Å². The Bertz CT molecular complexity index is 521. The van der Waals surface area contributed by atoms with Crippen LogP contribution in [0, 0.1) is 5.41 Å². The molecule has 96 valence electrons. The van der Waals surface area contributed by atoms with Gasteiger partial charge in [0.1, 0.15) is 0 Å². The van der Waals surface area contributed by atoms with E-state index in [1.54, 1.807) is 0 Å². The van der Waals surface area contributed by atoms with Crippen LogP contribution in [-0.2, 0) is 6.42 Å². The highest BCUT2D eigenvalue weighted by atomic mass is 14.7.